The first-order chi connectivity index (χ1) is 10.5. The maximum atomic E-state index is 13.8. The summed E-state index contributed by atoms with van der Waals surface area (Å²) in [6.45, 7) is 1.12. The van der Waals surface area contributed by atoms with Crippen LogP contribution in [0.3, 0.4) is 0 Å². The van der Waals surface area contributed by atoms with Crippen molar-refractivity contribution in [2.45, 2.75) is 35.8 Å². The minimum Gasteiger partial charge on any atom is -0.471 e. The monoisotopic (exact) mass is 326 g/mol. The molecule has 0 bridgehead atoms. The van der Waals surface area contributed by atoms with E-state index in [0.717, 1.165) is 12.2 Å². The van der Waals surface area contributed by atoms with E-state index in [-0.39, 0.29) is 22.6 Å². The van der Waals surface area contributed by atoms with E-state index in [9.17, 15) is 13.6 Å². The topological polar surface area (TPSA) is 42.4 Å². The molecular weight excluding hydrogens is 310 g/mol. The lowest BCUT2D eigenvalue weighted by Crippen LogP contribution is -2.62. The predicted molar refractivity (Wildman–Crippen MR) is 78.1 cm³/mol. The summed E-state index contributed by atoms with van der Waals surface area (Å²) in [6.07, 6.45) is 2.82. The first-order valence-electron chi connectivity index (χ1n) is 7.39. The molecule has 0 unspecified atom stereocenters. The van der Waals surface area contributed by atoms with Crippen molar-refractivity contribution in [3.8, 4) is 5.88 Å². The molecule has 1 saturated carbocycles. The van der Waals surface area contributed by atoms with Crippen LogP contribution in [0.15, 0.2) is 18.3 Å². The maximum Gasteiger partial charge on any atom is 0.260 e. The Kier molecular flexibility index (Phi) is 3.11. The second-order valence-corrected chi connectivity index (χ2v) is 7.84. The number of ether oxygens (including phenoxy) is 1. The Morgan fingerprint density at radius 1 is 1.45 bits per heavy atom. The van der Waals surface area contributed by atoms with Crippen LogP contribution in [-0.2, 0) is 4.79 Å². The van der Waals surface area contributed by atoms with E-state index < -0.39 is 11.5 Å². The molecule has 1 spiro atoms. The Labute approximate surface area is 131 Å². The summed E-state index contributed by atoms with van der Waals surface area (Å²) in [6, 6.07) is 2.84. The van der Waals surface area contributed by atoms with Crippen molar-refractivity contribution in [3.63, 3.8) is 0 Å². The van der Waals surface area contributed by atoms with Crippen molar-refractivity contribution in [1.82, 2.24) is 9.88 Å². The number of nitrogens with zero attached hydrogens (tertiary/aromatic N) is 2. The van der Waals surface area contributed by atoms with E-state index in [1.54, 1.807) is 16.7 Å². The van der Waals surface area contributed by atoms with Crippen molar-refractivity contribution in [1.29, 1.82) is 0 Å². The molecule has 4 nitrogen and oxygen atoms in total. The van der Waals surface area contributed by atoms with Crippen LogP contribution in [-0.4, -0.2) is 51.2 Å². The normalized spacial score (nSPS) is 27.5. The summed E-state index contributed by atoms with van der Waals surface area (Å²) in [4.78, 5) is 17.4. The first kappa shape index (κ1) is 14.2. The number of carbonyl (C=O) groups excluding carboxylic acids is 1. The molecule has 1 aliphatic carbocycles. The molecule has 2 saturated heterocycles. The molecule has 118 valence electrons. The Morgan fingerprint density at radius 2 is 2.23 bits per heavy atom. The van der Waals surface area contributed by atoms with Crippen LogP contribution in [0.2, 0.25) is 0 Å². The van der Waals surface area contributed by atoms with Gasteiger partial charge < -0.3 is 9.64 Å². The molecule has 1 amide bonds. The Balaban J connectivity index is 1.34. The summed E-state index contributed by atoms with van der Waals surface area (Å²) in [7, 11) is 0. The third kappa shape index (κ3) is 2.35. The van der Waals surface area contributed by atoms with Gasteiger partial charge in [0, 0.05) is 31.5 Å². The van der Waals surface area contributed by atoms with Crippen molar-refractivity contribution >= 4 is 17.7 Å². The minimum absolute atomic E-state index is 0.0260. The van der Waals surface area contributed by atoms with Gasteiger partial charge in [0.05, 0.1) is 4.75 Å². The van der Waals surface area contributed by atoms with Crippen LogP contribution in [0, 0.1) is 5.82 Å². The molecule has 1 aromatic rings. The molecule has 3 aliphatic rings. The number of amides is 1. The summed E-state index contributed by atoms with van der Waals surface area (Å²) >= 11 is 1.73. The fourth-order valence-corrected chi connectivity index (χ4v) is 4.64. The number of aromatic nitrogens is 1. The average molecular weight is 326 g/mol. The summed E-state index contributed by atoms with van der Waals surface area (Å²) in [5.41, 5.74) is -1.59. The number of hydrogen-bond acceptors (Lipinski definition) is 4. The molecule has 2 aliphatic heterocycles. The van der Waals surface area contributed by atoms with E-state index in [1.807, 2.05) is 0 Å². The van der Waals surface area contributed by atoms with Gasteiger partial charge in [0.2, 0.25) is 0 Å². The molecule has 22 heavy (non-hydrogen) atoms. The zero-order chi connectivity index (χ0) is 15.4. The van der Waals surface area contributed by atoms with E-state index >= 15 is 0 Å². The highest BCUT2D eigenvalue weighted by Gasteiger charge is 2.59. The largest absolute Gasteiger partial charge is 0.471 e. The standard InChI is InChI=1S/C15H16F2N2O2S/c16-11-2-1-5-18-12(11)21-10-6-14(22-7-10)8-19(9-14)13(20)15(17)3-4-15/h1-2,5,10H,3-4,6-9H2/t10-/m0/s1. The summed E-state index contributed by atoms with van der Waals surface area (Å²) in [5, 5.41) is 0. The zero-order valence-corrected chi connectivity index (χ0v) is 12.7. The number of halogens is 2. The van der Waals surface area contributed by atoms with Gasteiger partial charge in [-0.3, -0.25) is 4.79 Å². The van der Waals surface area contributed by atoms with Crippen LogP contribution in [0.4, 0.5) is 8.78 Å². The highest BCUT2D eigenvalue weighted by atomic mass is 32.2. The van der Waals surface area contributed by atoms with Crippen molar-refractivity contribution in [2.24, 2.45) is 0 Å². The predicted octanol–water partition coefficient (Wildman–Crippen LogP) is 2.19. The van der Waals surface area contributed by atoms with Gasteiger partial charge in [0.1, 0.15) is 6.10 Å². The average Bonchev–Trinajstić information content (AvgIpc) is 3.07. The Bertz CT molecular complexity index is 617. The molecule has 0 N–H and O–H groups in total. The van der Waals surface area contributed by atoms with Gasteiger partial charge >= 0.3 is 0 Å². The van der Waals surface area contributed by atoms with Gasteiger partial charge in [-0.2, -0.15) is 0 Å². The van der Waals surface area contributed by atoms with Crippen LogP contribution in [0.1, 0.15) is 19.3 Å². The van der Waals surface area contributed by atoms with Crippen LogP contribution < -0.4 is 4.74 Å². The van der Waals surface area contributed by atoms with Gasteiger partial charge in [0.25, 0.3) is 11.8 Å². The smallest absolute Gasteiger partial charge is 0.260 e. The number of carbonyl (C=O) groups is 1. The molecule has 1 atom stereocenters. The van der Waals surface area contributed by atoms with Crippen molar-refractivity contribution < 1.29 is 18.3 Å². The third-order valence-corrected chi connectivity index (χ3v) is 6.07. The Morgan fingerprint density at radius 3 is 2.91 bits per heavy atom. The Hall–Kier alpha value is -1.37. The lowest BCUT2D eigenvalue weighted by molar-refractivity contribution is -0.143. The number of alkyl halides is 1. The maximum absolute atomic E-state index is 13.8. The van der Waals surface area contributed by atoms with Crippen LogP contribution >= 0.6 is 11.8 Å². The number of pyridine rings is 1. The van der Waals surface area contributed by atoms with E-state index in [4.69, 9.17) is 4.74 Å². The second kappa shape index (κ2) is 4.81. The third-order valence-electron chi connectivity index (χ3n) is 4.50. The number of likely N-dealkylation sites (tertiary alicyclic amines) is 1. The second-order valence-electron chi connectivity index (χ2n) is 6.35. The first-order valence-corrected chi connectivity index (χ1v) is 8.38. The summed E-state index contributed by atoms with van der Waals surface area (Å²) < 4.78 is 32.9. The highest BCUT2D eigenvalue weighted by molar-refractivity contribution is 8.01. The lowest BCUT2D eigenvalue weighted by atomic mass is 9.92. The molecule has 3 heterocycles. The minimum atomic E-state index is -1.59. The zero-order valence-electron chi connectivity index (χ0n) is 11.9. The molecule has 0 radical (unpaired) electrons. The number of rotatable bonds is 3. The van der Waals surface area contributed by atoms with E-state index in [1.165, 1.54) is 18.3 Å². The fourth-order valence-electron chi connectivity index (χ4n) is 3.11. The molecule has 1 aromatic heterocycles. The van der Waals surface area contributed by atoms with Crippen LogP contribution in [0.5, 0.6) is 5.88 Å². The van der Waals surface area contributed by atoms with E-state index in [0.29, 0.717) is 25.9 Å². The molecule has 4 rings (SSSR count). The van der Waals surface area contributed by atoms with Gasteiger partial charge in [-0.1, -0.05) is 0 Å². The number of thioether (sulfide) groups is 1. The lowest BCUT2D eigenvalue weighted by Gasteiger charge is -2.47. The molecule has 7 heteroatoms. The molecular formula is C15H16F2N2O2S. The number of hydrogen-bond donors (Lipinski definition) is 0. The quantitative estimate of drug-likeness (QED) is 0.854. The van der Waals surface area contributed by atoms with E-state index in [2.05, 4.69) is 4.98 Å². The van der Waals surface area contributed by atoms with Crippen molar-refractivity contribution in [2.75, 3.05) is 18.8 Å². The SMILES string of the molecule is O=C(N1CC2(C[C@H](Oc3ncccc3F)CS2)C1)C1(F)CC1. The van der Waals surface area contributed by atoms with Gasteiger partial charge in [-0.05, 0) is 25.0 Å². The molecule has 0 aromatic carbocycles. The van der Waals surface area contributed by atoms with Gasteiger partial charge in [-0.15, -0.1) is 11.8 Å². The van der Waals surface area contributed by atoms with Crippen molar-refractivity contribution in [3.05, 3.63) is 24.1 Å². The molecule has 3 fully saturated rings. The van der Waals surface area contributed by atoms with Gasteiger partial charge in [-0.25, -0.2) is 13.8 Å². The van der Waals surface area contributed by atoms with Gasteiger partial charge in [0.15, 0.2) is 11.5 Å². The fraction of sp³-hybridized carbons (Fsp3) is 0.600. The van der Waals surface area contributed by atoms with Crippen LogP contribution in [0.25, 0.3) is 0 Å². The summed E-state index contributed by atoms with van der Waals surface area (Å²) in [5.74, 6) is -0.0670. The highest BCUT2D eigenvalue weighted by Crippen LogP contribution is 2.49.